The lowest BCUT2D eigenvalue weighted by Crippen LogP contribution is -2.41. The molecule has 0 saturated carbocycles. The molecule has 2 rings (SSSR count). The van der Waals surface area contributed by atoms with Crippen LogP contribution in [-0.2, 0) is 19.1 Å². The van der Waals surface area contributed by atoms with E-state index in [9.17, 15) is 9.59 Å². The second kappa shape index (κ2) is 5.62. The number of nitrogens with one attached hydrogen (secondary N) is 1. The van der Waals surface area contributed by atoms with E-state index in [2.05, 4.69) is 10.4 Å². The predicted octanol–water partition coefficient (Wildman–Crippen LogP) is 1.12. The first-order chi connectivity index (χ1) is 9.38. The Kier molecular flexibility index (Phi) is 4.08. The van der Waals surface area contributed by atoms with Crippen molar-refractivity contribution < 1.29 is 19.1 Å². The predicted molar refractivity (Wildman–Crippen MR) is 71.2 cm³/mol. The van der Waals surface area contributed by atoms with Crippen molar-refractivity contribution in [2.24, 2.45) is 0 Å². The number of carbonyl (C=O) groups is 2. The van der Waals surface area contributed by atoms with Crippen molar-refractivity contribution in [3.05, 3.63) is 12.4 Å². The number of hydrogen-bond donors (Lipinski definition) is 1. The van der Waals surface area contributed by atoms with Gasteiger partial charge in [-0.2, -0.15) is 5.10 Å². The summed E-state index contributed by atoms with van der Waals surface area (Å²) in [6.45, 7) is 5.71. The molecule has 1 aromatic rings. The Labute approximate surface area is 117 Å². The van der Waals surface area contributed by atoms with Crippen molar-refractivity contribution in [3.8, 4) is 0 Å². The first-order valence-electron chi connectivity index (χ1n) is 6.51. The van der Waals surface area contributed by atoms with Gasteiger partial charge in [0.1, 0.15) is 0 Å². The Morgan fingerprint density at radius 1 is 1.55 bits per heavy atom. The van der Waals surface area contributed by atoms with Gasteiger partial charge < -0.3 is 14.8 Å². The van der Waals surface area contributed by atoms with Gasteiger partial charge in [-0.3, -0.25) is 14.3 Å². The Bertz CT molecular complexity index is 503. The minimum absolute atomic E-state index is 0.210. The van der Waals surface area contributed by atoms with Gasteiger partial charge in [-0.15, -0.1) is 0 Å². The molecule has 20 heavy (non-hydrogen) atoms. The maximum Gasteiger partial charge on any atom is 0.303 e. The lowest BCUT2D eigenvalue weighted by Gasteiger charge is -2.22. The van der Waals surface area contributed by atoms with Crippen molar-refractivity contribution in [1.29, 1.82) is 0 Å². The highest BCUT2D eigenvalue weighted by atomic mass is 16.6. The fourth-order valence-corrected chi connectivity index (χ4v) is 2.02. The second-order valence-corrected chi connectivity index (χ2v) is 5.28. The molecule has 0 bridgehead atoms. The summed E-state index contributed by atoms with van der Waals surface area (Å²) in [7, 11) is 0. The third-order valence-corrected chi connectivity index (χ3v) is 3.08. The van der Waals surface area contributed by atoms with E-state index in [4.69, 9.17) is 9.47 Å². The summed E-state index contributed by atoms with van der Waals surface area (Å²) in [5.74, 6) is -0.890. The van der Waals surface area contributed by atoms with Crippen molar-refractivity contribution in [2.75, 3.05) is 18.5 Å². The first-order valence-corrected chi connectivity index (χ1v) is 6.51. The third-order valence-electron chi connectivity index (χ3n) is 3.08. The molecule has 7 nitrogen and oxygen atoms in total. The summed E-state index contributed by atoms with van der Waals surface area (Å²) in [6, 6.07) is 0.210. The largest absolute Gasteiger partial charge is 0.450 e. The van der Waals surface area contributed by atoms with E-state index in [0.29, 0.717) is 12.3 Å². The number of ether oxygens (including phenoxy) is 2. The standard InChI is InChI=1S/C13H19N3O4/c1-9(17)20-13(2,3)12(18)15-10-6-14-16(7-10)11-4-5-19-8-11/h6-7,11H,4-5,8H2,1-3H3,(H,15,18)/t11-/m1/s1. The van der Waals surface area contributed by atoms with Gasteiger partial charge in [0, 0.05) is 19.7 Å². The minimum Gasteiger partial charge on any atom is -0.450 e. The molecule has 1 saturated heterocycles. The van der Waals surface area contributed by atoms with E-state index in [-0.39, 0.29) is 6.04 Å². The molecule has 110 valence electrons. The Morgan fingerprint density at radius 2 is 2.30 bits per heavy atom. The Balaban J connectivity index is 1.99. The van der Waals surface area contributed by atoms with Gasteiger partial charge in [-0.25, -0.2) is 0 Å². The molecule has 0 spiro atoms. The molecule has 1 aliphatic heterocycles. The molecule has 0 radical (unpaired) electrons. The normalized spacial score (nSPS) is 18.9. The van der Waals surface area contributed by atoms with Crippen LogP contribution in [0.3, 0.4) is 0 Å². The van der Waals surface area contributed by atoms with Gasteiger partial charge in [-0.1, -0.05) is 0 Å². The zero-order valence-electron chi connectivity index (χ0n) is 11.9. The van der Waals surface area contributed by atoms with Crippen LogP contribution in [0.25, 0.3) is 0 Å². The molecular formula is C13H19N3O4. The lowest BCUT2D eigenvalue weighted by atomic mass is 10.1. The number of esters is 1. The lowest BCUT2D eigenvalue weighted by molar-refractivity contribution is -0.160. The summed E-state index contributed by atoms with van der Waals surface area (Å²) in [5.41, 5.74) is -0.646. The molecule has 0 aliphatic carbocycles. The van der Waals surface area contributed by atoms with Crippen LogP contribution in [0.4, 0.5) is 5.69 Å². The molecule has 2 heterocycles. The number of carbonyl (C=O) groups excluding carboxylic acids is 2. The number of hydrogen-bond acceptors (Lipinski definition) is 5. The average molecular weight is 281 g/mol. The van der Waals surface area contributed by atoms with E-state index in [0.717, 1.165) is 13.0 Å². The van der Waals surface area contributed by atoms with Gasteiger partial charge in [0.15, 0.2) is 5.60 Å². The number of nitrogens with zero attached hydrogens (tertiary/aromatic N) is 2. The van der Waals surface area contributed by atoms with Gasteiger partial charge >= 0.3 is 5.97 Å². The van der Waals surface area contributed by atoms with Gasteiger partial charge in [0.2, 0.25) is 0 Å². The first kappa shape index (κ1) is 14.5. The fraction of sp³-hybridized carbons (Fsp3) is 0.615. The fourth-order valence-electron chi connectivity index (χ4n) is 2.02. The number of amides is 1. The van der Waals surface area contributed by atoms with Crippen LogP contribution in [-0.4, -0.2) is 40.5 Å². The van der Waals surface area contributed by atoms with Crippen LogP contribution in [0.1, 0.15) is 33.2 Å². The molecule has 0 aromatic carbocycles. The molecule has 7 heteroatoms. The molecule has 1 aromatic heterocycles. The van der Waals surface area contributed by atoms with Gasteiger partial charge in [-0.05, 0) is 20.3 Å². The monoisotopic (exact) mass is 281 g/mol. The van der Waals surface area contributed by atoms with Crippen molar-refractivity contribution in [3.63, 3.8) is 0 Å². The third kappa shape index (κ3) is 3.36. The minimum atomic E-state index is -1.22. The highest BCUT2D eigenvalue weighted by Crippen LogP contribution is 2.20. The number of aromatic nitrogens is 2. The van der Waals surface area contributed by atoms with Crippen LogP contribution in [0.2, 0.25) is 0 Å². The molecule has 1 N–H and O–H groups in total. The van der Waals surface area contributed by atoms with Crippen molar-refractivity contribution in [1.82, 2.24) is 9.78 Å². The van der Waals surface area contributed by atoms with Gasteiger partial charge in [0.25, 0.3) is 5.91 Å². The smallest absolute Gasteiger partial charge is 0.303 e. The molecule has 1 amide bonds. The number of anilines is 1. The summed E-state index contributed by atoms with van der Waals surface area (Å²) in [5, 5.41) is 6.90. The second-order valence-electron chi connectivity index (χ2n) is 5.28. The van der Waals surface area contributed by atoms with Crippen LogP contribution >= 0.6 is 0 Å². The summed E-state index contributed by atoms with van der Waals surface area (Å²) >= 11 is 0. The molecule has 1 aliphatic rings. The average Bonchev–Trinajstić information content (AvgIpc) is 2.95. The summed E-state index contributed by atoms with van der Waals surface area (Å²) in [4.78, 5) is 23.0. The molecular weight excluding hydrogens is 262 g/mol. The SMILES string of the molecule is CC(=O)OC(C)(C)C(=O)Nc1cnn([C@@H]2CCOC2)c1. The van der Waals surface area contributed by atoms with E-state index in [1.165, 1.54) is 6.92 Å². The van der Waals surface area contributed by atoms with Crippen molar-refractivity contribution >= 4 is 17.6 Å². The van der Waals surface area contributed by atoms with E-state index in [1.54, 1.807) is 30.9 Å². The van der Waals surface area contributed by atoms with E-state index in [1.807, 2.05) is 0 Å². The van der Waals surface area contributed by atoms with Crippen LogP contribution in [0.15, 0.2) is 12.4 Å². The Morgan fingerprint density at radius 3 is 2.90 bits per heavy atom. The quantitative estimate of drug-likeness (QED) is 0.836. The maximum atomic E-state index is 12.1. The zero-order chi connectivity index (χ0) is 14.8. The topological polar surface area (TPSA) is 82.5 Å². The van der Waals surface area contributed by atoms with Gasteiger partial charge in [0.05, 0.1) is 24.5 Å². The van der Waals surface area contributed by atoms with Crippen LogP contribution < -0.4 is 5.32 Å². The number of rotatable bonds is 4. The summed E-state index contributed by atoms with van der Waals surface area (Å²) < 4.78 is 12.1. The Hall–Kier alpha value is -1.89. The zero-order valence-corrected chi connectivity index (χ0v) is 11.9. The highest BCUT2D eigenvalue weighted by molar-refractivity contribution is 5.97. The highest BCUT2D eigenvalue weighted by Gasteiger charge is 2.31. The van der Waals surface area contributed by atoms with Crippen LogP contribution in [0.5, 0.6) is 0 Å². The van der Waals surface area contributed by atoms with Crippen LogP contribution in [0, 0.1) is 0 Å². The van der Waals surface area contributed by atoms with Crippen molar-refractivity contribution in [2.45, 2.75) is 38.8 Å². The molecule has 1 atom stereocenters. The maximum absolute atomic E-state index is 12.1. The molecule has 0 unspecified atom stereocenters. The van der Waals surface area contributed by atoms with E-state index < -0.39 is 17.5 Å². The molecule has 1 fully saturated rings. The van der Waals surface area contributed by atoms with E-state index >= 15 is 0 Å². The summed E-state index contributed by atoms with van der Waals surface area (Å²) in [6.07, 6.45) is 4.23.